The second-order valence-corrected chi connectivity index (χ2v) is 6.17. The van der Waals surface area contributed by atoms with Gasteiger partial charge in [0.15, 0.2) is 0 Å². The van der Waals surface area contributed by atoms with E-state index in [0.717, 1.165) is 55.5 Å². The van der Waals surface area contributed by atoms with E-state index < -0.39 is 0 Å². The van der Waals surface area contributed by atoms with Crippen LogP contribution in [0.5, 0.6) is 0 Å². The number of anilines is 2. The van der Waals surface area contributed by atoms with E-state index in [9.17, 15) is 0 Å². The fourth-order valence-electron chi connectivity index (χ4n) is 2.91. The van der Waals surface area contributed by atoms with Crippen LogP contribution >= 0.6 is 0 Å². The van der Waals surface area contributed by atoms with E-state index in [2.05, 4.69) is 25.4 Å². The van der Waals surface area contributed by atoms with Crippen molar-refractivity contribution in [2.24, 2.45) is 5.73 Å². The molecule has 3 rings (SSSR count). The summed E-state index contributed by atoms with van der Waals surface area (Å²) < 4.78 is 1.92. The summed E-state index contributed by atoms with van der Waals surface area (Å²) in [5.74, 6) is 3.25. The molecular formula is C15H24N8. The monoisotopic (exact) mass is 316 g/mol. The molecule has 1 fully saturated rings. The van der Waals surface area contributed by atoms with Gasteiger partial charge < -0.3 is 16.8 Å². The average Bonchev–Trinajstić information content (AvgIpc) is 2.78. The van der Waals surface area contributed by atoms with Gasteiger partial charge in [-0.05, 0) is 33.1 Å². The van der Waals surface area contributed by atoms with Gasteiger partial charge in [0, 0.05) is 31.1 Å². The molecular weight excluding hydrogens is 292 g/mol. The molecule has 124 valence electrons. The van der Waals surface area contributed by atoms with Crippen molar-refractivity contribution >= 4 is 11.8 Å². The highest BCUT2D eigenvalue weighted by atomic mass is 15.3. The van der Waals surface area contributed by atoms with Crippen molar-refractivity contribution in [1.82, 2.24) is 24.7 Å². The molecule has 2 aromatic heterocycles. The quantitative estimate of drug-likeness (QED) is 0.679. The van der Waals surface area contributed by atoms with Gasteiger partial charge in [0.2, 0.25) is 5.95 Å². The van der Waals surface area contributed by atoms with Crippen LogP contribution in [0, 0.1) is 13.8 Å². The Hall–Kier alpha value is -2.22. The molecule has 0 aromatic carbocycles. The van der Waals surface area contributed by atoms with Crippen molar-refractivity contribution < 1.29 is 0 Å². The standard InChI is InChI=1S/C15H24N8/c1-9-19-10(2)23(22-9)5-3-4-18-14-8-13(20-15(17)21-14)11-6-12(16)7-11/h8,11-12H,3-7,16H2,1-2H3,(H3,17,18,20,21). The van der Waals surface area contributed by atoms with Gasteiger partial charge in [-0.3, -0.25) is 4.68 Å². The smallest absolute Gasteiger partial charge is 0.222 e. The number of nitrogen functional groups attached to an aromatic ring is 1. The van der Waals surface area contributed by atoms with Crippen LogP contribution in [-0.4, -0.2) is 37.3 Å². The SMILES string of the molecule is Cc1nc(C)n(CCCNc2cc(C3CC(N)C3)nc(N)n2)n1. The summed E-state index contributed by atoms with van der Waals surface area (Å²) in [5.41, 5.74) is 12.6. The zero-order chi connectivity index (χ0) is 16.4. The van der Waals surface area contributed by atoms with Gasteiger partial charge in [-0.2, -0.15) is 10.1 Å². The highest BCUT2D eigenvalue weighted by Crippen LogP contribution is 2.35. The summed E-state index contributed by atoms with van der Waals surface area (Å²) in [7, 11) is 0. The number of hydrogen-bond donors (Lipinski definition) is 3. The fraction of sp³-hybridized carbons (Fsp3) is 0.600. The molecule has 1 saturated carbocycles. The van der Waals surface area contributed by atoms with Gasteiger partial charge in [0.05, 0.1) is 5.69 Å². The van der Waals surface area contributed by atoms with Gasteiger partial charge in [-0.1, -0.05) is 0 Å². The van der Waals surface area contributed by atoms with E-state index in [0.29, 0.717) is 17.9 Å². The minimum Gasteiger partial charge on any atom is -0.370 e. The molecule has 0 spiro atoms. The Labute approximate surface area is 135 Å². The zero-order valence-corrected chi connectivity index (χ0v) is 13.7. The van der Waals surface area contributed by atoms with Crippen molar-refractivity contribution in [1.29, 1.82) is 0 Å². The van der Waals surface area contributed by atoms with Gasteiger partial charge in [0.25, 0.3) is 0 Å². The second-order valence-electron chi connectivity index (χ2n) is 6.17. The lowest BCUT2D eigenvalue weighted by Crippen LogP contribution is -2.35. The maximum absolute atomic E-state index is 5.85. The highest BCUT2D eigenvalue weighted by Gasteiger charge is 2.29. The topological polar surface area (TPSA) is 121 Å². The molecule has 2 heterocycles. The van der Waals surface area contributed by atoms with E-state index >= 15 is 0 Å². The van der Waals surface area contributed by atoms with E-state index in [1.165, 1.54) is 0 Å². The van der Waals surface area contributed by atoms with Crippen LogP contribution in [0.4, 0.5) is 11.8 Å². The van der Waals surface area contributed by atoms with Crippen LogP contribution in [0.15, 0.2) is 6.07 Å². The first kappa shape index (κ1) is 15.7. The minimum absolute atomic E-state index is 0.293. The summed E-state index contributed by atoms with van der Waals surface area (Å²) in [6.07, 6.45) is 2.87. The second kappa shape index (κ2) is 6.49. The van der Waals surface area contributed by atoms with Crippen molar-refractivity contribution in [3.8, 4) is 0 Å². The Morgan fingerprint density at radius 3 is 2.70 bits per heavy atom. The molecule has 1 aliphatic rings. The summed E-state index contributed by atoms with van der Waals surface area (Å²) in [6, 6.07) is 2.28. The predicted molar refractivity (Wildman–Crippen MR) is 89.0 cm³/mol. The van der Waals surface area contributed by atoms with E-state index in [1.54, 1.807) is 0 Å². The van der Waals surface area contributed by atoms with Crippen LogP contribution in [0.25, 0.3) is 0 Å². The van der Waals surface area contributed by atoms with Crippen molar-refractivity contribution in [2.75, 3.05) is 17.6 Å². The summed E-state index contributed by atoms with van der Waals surface area (Å²) in [4.78, 5) is 12.9. The molecule has 2 aromatic rings. The molecule has 8 heteroatoms. The number of aryl methyl sites for hydroxylation is 3. The van der Waals surface area contributed by atoms with E-state index in [4.69, 9.17) is 11.5 Å². The molecule has 0 aliphatic heterocycles. The average molecular weight is 316 g/mol. The lowest BCUT2D eigenvalue weighted by Gasteiger charge is -2.32. The Morgan fingerprint density at radius 1 is 1.26 bits per heavy atom. The lowest BCUT2D eigenvalue weighted by molar-refractivity contribution is 0.345. The largest absolute Gasteiger partial charge is 0.370 e. The highest BCUT2D eigenvalue weighted by molar-refractivity contribution is 5.41. The first-order chi connectivity index (χ1) is 11.0. The molecule has 5 N–H and O–H groups in total. The first-order valence-corrected chi connectivity index (χ1v) is 8.03. The van der Waals surface area contributed by atoms with Crippen molar-refractivity contribution in [2.45, 2.75) is 51.6 Å². The molecule has 0 atom stereocenters. The lowest BCUT2D eigenvalue weighted by atomic mass is 9.78. The minimum atomic E-state index is 0.293. The predicted octanol–water partition coefficient (Wildman–Crippen LogP) is 0.974. The normalized spacial score (nSPS) is 20.3. The molecule has 0 amide bonds. The molecule has 23 heavy (non-hydrogen) atoms. The zero-order valence-electron chi connectivity index (χ0n) is 13.7. The molecule has 0 bridgehead atoms. The summed E-state index contributed by atoms with van der Waals surface area (Å²) >= 11 is 0. The Morgan fingerprint density at radius 2 is 2.04 bits per heavy atom. The molecule has 8 nitrogen and oxygen atoms in total. The number of hydrogen-bond acceptors (Lipinski definition) is 7. The molecule has 0 unspecified atom stereocenters. The third-order valence-electron chi connectivity index (χ3n) is 4.17. The maximum atomic E-state index is 5.85. The van der Waals surface area contributed by atoms with Gasteiger partial charge in [-0.15, -0.1) is 0 Å². The molecule has 1 aliphatic carbocycles. The first-order valence-electron chi connectivity index (χ1n) is 8.03. The van der Waals surface area contributed by atoms with Crippen molar-refractivity contribution in [3.05, 3.63) is 23.4 Å². The van der Waals surface area contributed by atoms with E-state index in [1.807, 2.05) is 24.6 Å². The van der Waals surface area contributed by atoms with Gasteiger partial charge in [0.1, 0.15) is 17.5 Å². The summed E-state index contributed by atoms with van der Waals surface area (Å²) in [5, 5.41) is 7.67. The van der Waals surface area contributed by atoms with Crippen LogP contribution in [0.1, 0.15) is 42.5 Å². The van der Waals surface area contributed by atoms with Crippen LogP contribution in [0.2, 0.25) is 0 Å². The van der Waals surface area contributed by atoms with Crippen molar-refractivity contribution in [3.63, 3.8) is 0 Å². The number of aromatic nitrogens is 5. The Bertz CT molecular complexity index is 674. The van der Waals surface area contributed by atoms with E-state index in [-0.39, 0.29) is 0 Å². The molecule has 0 saturated heterocycles. The Kier molecular flexibility index (Phi) is 4.42. The maximum Gasteiger partial charge on any atom is 0.222 e. The third kappa shape index (κ3) is 3.76. The molecule has 0 radical (unpaired) electrons. The van der Waals surface area contributed by atoms with Gasteiger partial charge >= 0.3 is 0 Å². The number of nitrogens with one attached hydrogen (secondary N) is 1. The number of nitrogens with zero attached hydrogens (tertiary/aromatic N) is 5. The van der Waals surface area contributed by atoms with Crippen LogP contribution < -0.4 is 16.8 Å². The summed E-state index contributed by atoms with van der Waals surface area (Å²) in [6.45, 7) is 5.48. The van der Waals surface area contributed by atoms with Crippen LogP contribution in [-0.2, 0) is 6.54 Å². The fourth-order valence-corrected chi connectivity index (χ4v) is 2.91. The Balaban J connectivity index is 1.52. The van der Waals surface area contributed by atoms with Gasteiger partial charge in [-0.25, -0.2) is 9.97 Å². The number of rotatable bonds is 6. The van der Waals surface area contributed by atoms with Crippen LogP contribution in [0.3, 0.4) is 0 Å². The third-order valence-corrected chi connectivity index (χ3v) is 4.17. The number of nitrogens with two attached hydrogens (primary N) is 2.